The Morgan fingerprint density at radius 2 is 1.89 bits per heavy atom. The van der Waals surface area contributed by atoms with Gasteiger partial charge in [0.05, 0.1) is 21.4 Å². The van der Waals surface area contributed by atoms with Gasteiger partial charge < -0.3 is 4.55 Å². The van der Waals surface area contributed by atoms with Gasteiger partial charge in [-0.25, -0.2) is 16.8 Å². The van der Waals surface area contributed by atoms with E-state index in [1.54, 1.807) is 0 Å². The van der Waals surface area contributed by atoms with Gasteiger partial charge >= 0.3 is 51.4 Å². The Kier molecular flexibility index (Phi) is 5.95. The van der Waals surface area contributed by atoms with Crippen LogP contribution in [-0.4, -0.2) is 48.6 Å². The SMILES string of the molecule is CS(=O)(=O)C1=NC2CCC(S(=O)(=O)[O-])CC2S1.[K+]. The van der Waals surface area contributed by atoms with Crippen molar-refractivity contribution in [3.05, 3.63) is 0 Å². The normalized spacial score (nSPS) is 32.3. The maximum atomic E-state index is 11.3. The van der Waals surface area contributed by atoms with E-state index in [2.05, 4.69) is 4.99 Å². The van der Waals surface area contributed by atoms with Gasteiger partial charge in [-0.05, 0) is 19.3 Å². The number of nitrogens with zero attached hydrogens (tertiary/aromatic N) is 1. The largest absolute Gasteiger partial charge is 1.00 e. The van der Waals surface area contributed by atoms with E-state index in [0.29, 0.717) is 6.42 Å². The van der Waals surface area contributed by atoms with Gasteiger partial charge in [0.1, 0.15) is 0 Å². The Hall–Kier alpha value is 1.52. The fourth-order valence-electron chi connectivity index (χ4n) is 2.09. The van der Waals surface area contributed by atoms with Crippen molar-refractivity contribution in [2.45, 2.75) is 35.8 Å². The molecule has 0 bridgehead atoms. The molecule has 0 aromatic carbocycles. The van der Waals surface area contributed by atoms with E-state index in [4.69, 9.17) is 0 Å². The Morgan fingerprint density at radius 1 is 1.28 bits per heavy atom. The number of rotatable bonds is 1. The van der Waals surface area contributed by atoms with Gasteiger partial charge in [-0.2, -0.15) is 0 Å². The molecule has 6 nitrogen and oxygen atoms in total. The molecule has 0 radical (unpaired) electrons. The molecule has 1 saturated carbocycles. The van der Waals surface area contributed by atoms with Crippen molar-refractivity contribution in [3.8, 4) is 0 Å². The Balaban J connectivity index is 0.00000162. The summed E-state index contributed by atoms with van der Waals surface area (Å²) in [5.74, 6) is 0. The van der Waals surface area contributed by atoms with E-state index in [0.717, 1.165) is 18.0 Å². The quantitative estimate of drug-likeness (QED) is 0.372. The minimum atomic E-state index is -4.28. The van der Waals surface area contributed by atoms with Gasteiger partial charge in [0.15, 0.2) is 14.2 Å². The summed E-state index contributed by atoms with van der Waals surface area (Å²) in [6, 6.07) is -0.164. The molecule has 0 amide bonds. The molecular formula is C8H12KNO5S3. The molecule has 1 heterocycles. The average molecular weight is 337 g/mol. The fourth-order valence-corrected chi connectivity index (χ4v) is 5.62. The molecule has 3 unspecified atom stereocenters. The van der Waals surface area contributed by atoms with Crippen LogP contribution in [-0.2, 0) is 20.0 Å². The molecule has 18 heavy (non-hydrogen) atoms. The van der Waals surface area contributed by atoms with E-state index in [1.807, 2.05) is 0 Å². The summed E-state index contributed by atoms with van der Waals surface area (Å²) >= 11 is 1.08. The second-order valence-electron chi connectivity index (χ2n) is 4.32. The number of sulfone groups is 1. The zero-order valence-corrected chi connectivity index (χ0v) is 15.6. The van der Waals surface area contributed by atoms with Gasteiger partial charge in [0.25, 0.3) is 0 Å². The fraction of sp³-hybridized carbons (Fsp3) is 0.875. The van der Waals surface area contributed by atoms with Crippen LogP contribution in [0.3, 0.4) is 0 Å². The first-order valence-electron chi connectivity index (χ1n) is 5.07. The zero-order valence-electron chi connectivity index (χ0n) is 10.1. The number of fused-ring (bicyclic) bond motifs is 1. The molecule has 0 saturated heterocycles. The van der Waals surface area contributed by atoms with E-state index in [-0.39, 0.29) is 79.9 Å². The predicted molar refractivity (Wildman–Crippen MR) is 64.8 cm³/mol. The Morgan fingerprint density at radius 3 is 2.39 bits per heavy atom. The topological polar surface area (TPSA) is 104 Å². The van der Waals surface area contributed by atoms with Crippen LogP contribution < -0.4 is 51.4 Å². The first-order chi connectivity index (χ1) is 7.68. The monoisotopic (exact) mass is 337 g/mol. The molecule has 0 N–H and O–H groups in total. The number of thioether (sulfide) groups is 1. The predicted octanol–water partition coefficient (Wildman–Crippen LogP) is -3.03. The van der Waals surface area contributed by atoms with Crippen molar-refractivity contribution in [2.75, 3.05) is 6.26 Å². The third-order valence-electron chi connectivity index (χ3n) is 2.96. The van der Waals surface area contributed by atoms with Crippen LogP contribution >= 0.6 is 11.8 Å². The molecule has 98 valence electrons. The molecule has 0 aromatic heterocycles. The third-order valence-corrected chi connectivity index (χ3v) is 7.26. The van der Waals surface area contributed by atoms with Crippen molar-refractivity contribution in [2.24, 2.45) is 4.99 Å². The summed E-state index contributed by atoms with van der Waals surface area (Å²) < 4.78 is 55.5. The molecule has 3 atom stereocenters. The van der Waals surface area contributed by atoms with Crippen LogP contribution in [0.4, 0.5) is 0 Å². The molecule has 10 heteroatoms. The second-order valence-corrected chi connectivity index (χ2v) is 9.39. The summed E-state index contributed by atoms with van der Waals surface area (Å²) in [5, 5.41) is -1.09. The van der Waals surface area contributed by atoms with Crippen molar-refractivity contribution >= 4 is 36.1 Å². The van der Waals surface area contributed by atoms with E-state index >= 15 is 0 Å². The molecule has 1 fully saturated rings. The summed E-state index contributed by atoms with van der Waals surface area (Å²) in [4.78, 5) is 4.09. The van der Waals surface area contributed by atoms with E-state index in [1.165, 1.54) is 0 Å². The summed E-state index contributed by atoms with van der Waals surface area (Å²) in [7, 11) is -7.61. The first kappa shape index (κ1) is 17.6. The van der Waals surface area contributed by atoms with Crippen molar-refractivity contribution < 1.29 is 72.8 Å². The third kappa shape index (κ3) is 4.01. The molecule has 2 rings (SSSR count). The standard InChI is InChI=1S/C8H13NO5S3.K/c1-16(10,11)8-9-6-3-2-5(17(12,13)14)4-7(6)15-8;/h5-7H,2-4H2,1H3,(H,12,13,14);/q;+1/p-1. The van der Waals surface area contributed by atoms with Gasteiger partial charge in [-0.3, -0.25) is 4.99 Å². The van der Waals surface area contributed by atoms with Gasteiger partial charge in [0, 0.05) is 11.5 Å². The van der Waals surface area contributed by atoms with Crippen LogP contribution in [0.5, 0.6) is 0 Å². The van der Waals surface area contributed by atoms with Gasteiger partial charge in [-0.15, -0.1) is 0 Å². The minimum Gasteiger partial charge on any atom is -0.748 e. The summed E-state index contributed by atoms with van der Waals surface area (Å²) in [6.07, 6.45) is 2.01. The van der Waals surface area contributed by atoms with Gasteiger partial charge in [0.2, 0.25) is 0 Å². The maximum absolute atomic E-state index is 11.3. The number of hydrogen-bond donors (Lipinski definition) is 0. The molecule has 1 aliphatic heterocycles. The molecule has 1 aliphatic carbocycles. The number of hydrogen-bond acceptors (Lipinski definition) is 7. The van der Waals surface area contributed by atoms with Crippen LogP contribution in [0.1, 0.15) is 19.3 Å². The van der Waals surface area contributed by atoms with Crippen molar-refractivity contribution in [1.29, 1.82) is 0 Å². The summed E-state index contributed by atoms with van der Waals surface area (Å²) in [6.45, 7) is 0. The second kappa shape index (κ2) is 6.10. The Labute approximate surface area is 153 Å². The van der Waals surface area contributed by atoms with Crippen molar-refractivity contribution in [3.63, 3.8) is 0 Å². The minimum absolute atomic E-state index is 0. The Bertz CT molecular complexity index is 555. The average Bonchev–Trinajstić information content (AvgIpc) is 2.57. The van der Waals surface area contributed by atoms with Crippen LogP contribution in [0, 0.1) is 0 Å². The maximum Gasteiger partial charge on any atom is 1.00 e. The van der Waals surface area contributed by atoms with Crippen LogP contribution in [0.15, 0.2) is 4.99 Å². The van der Waals surface area contributed by atoms with Crippen LogP contribution in [0.2, 0.25) is 0 Å². The molecule has 0 aromatic rings. The smallest absolute Gasteiger partial charge is 0.748 e. The van der Waals surface area contributed by atoms with Crippen molar-refractivity contribution in [1.82, 2.24) is 0 Å². The van der Waals surface area contributed by atoms with Gasteiger partial charge in [-0.1, -0.05) is 11.8 Å². The molecular weight excluding hydrogens is 325 g/mol. The molecule has 2 aliphatic rings. The van der Waals surface area contributed by atoms with Crippen LogP contribution in [0.25, 0.3) is 0 Å². The van der Waals surface area contributed by atoms with E-state index in [9.17, 15) is 21.4 Å². The summed E-state index contributed by atoms with van der Waals surface area (Å²) in [5.41, 5.74) is 0. The zero-order chi connectivity index (χ0) is 12.8. The van der Waals surface area contributed by atoms with E-state index < -0.39 is 25.2 Å². The molecule has 0 spiro atoms. The first-order valence-corrected chi connectivity index (χ1v) is 9.31. The number of aliphatic imine (C=N–C) groups is 1.